The number of anilines is 1. The molecule has 0 radical (unpaired) electrons. The van der Waals surface area contributed by atoms with E-state index in [9.17, 15) is 9.90 Å². The van der Waals surface area contributed by atoms with Crippen molar-refractivity contribution in [1.29, 1.82) is 0 Å². The van der Waals surface area contributed by atoms with Crippen molar-refractivity contribution in [1.82, 2.24) is 5.43 Å². The zero-order valence-corrected chi connectivity index (χ0v) is 17.0. The van der Waals surface area contributed by atoms with E-state index in [-0.39, 0.29) is 16.4 Å². The molecule has 0 spiro atoms. The molecule has 0 atom stereocenters. The number of thiocarbonyl (C=S) groups is 1. The second-order valence-electron chi connectivity index (χ2n) is 6.17. The van der Waals surface area contributed by atoms with Crippen molar-refractivity contribution in [3.8, 4) is 11.5 Å². The highest BCUT2D eigenvalue weighted by molar-refractivity contribution is 7.80. The fraction of sp³-hybridized carbons (Fsp3) is 0.250. The summed E-state index contributed by atoms with van der Waals surface area (Å²) < 4.78 is 10.3. The Labute approximate surface area is 169 Å². The van der Waals surface area contributed by atoms with Gasteiger partial charge in [0.15, 0.2) is 16.6 Å². The van der Waals surface area contributed by atoms with Gasteiger partial charge in [-0.3, -0.25) is 5.43 Å². The van der Waals surface area contributed by atoms with Crippen LogP contribution in [-0.2, 0) is 0 Å². The number of methoxy groups -OCH3 is 2. The van der Waals surface area contributed by atoms with Crippen LogP contribution >= 0.6 is 12.2 Å². The maximum atomic E-state index is 11.6. The molecule has 2 aromatic rings. The number of hydrogen-bond donors (Lipinski definition) is 3. The Morgan fingerprint density at radius 3 is 2.36 bits per heavy atom. The molecule has 148 valence electrons. The molecular weight excluding hydrogens is 378 g/mol. The van der Waals surface area contributed by atoms with E-state index in [4.69, 9.17) is 21.7 Å². The van der Waals surface area contributed by atoms with Crippen LogP contribution in [0.1, 0.15) is 41.3 Å². The number of ether oxygens (including phenoxy) is 2. The van der Waals surface area contributed by atoms with Gasteiger partial charge in [0, 0.05) is 11.3 Å². The molecule has 0 bridgehead atoms. The van der Waals surface area contributed by atoms with Gasteiger partial charge in [0.1, 0.15) is 5.56 Å². The highest BCUT2D eigenvalue weighted by Gasteiger charge is 2.20. The topological polar surface area (TPSA) is 92.2 Å². The first-order valence-electron chi connectivity index (χ1n) is 8.55. The molecule has 0 aliphatic heterocycles. The van der Waals surface area contributed by atoms with E-state index in [2.05, 4.69) is 29.7 Å². The number of nitrogens with one attached hydrogen (secondary N) is 2. The summed E-state index contributed by atoms with van der Waals surface area (Å²) in [6, 6.07) is 11.1. The monoisotopic (exact) mass is 401 g/mol. The van der Waals surface area contributed by atoms with Gasteiger partial charge in [-0.25, -0.2) is 4.79 Å². The maximum absolute atomic E-state index is 11.6. The molecule has 2 rings (SSSR count). The van der Waals surface area contributed by atoms with E-state index in [1.165, 1.54) is 26.0 Å². The van der Waals surface area contributed by atoms with Crippen molar-refractivity contribution in [3.05, 3.63) is 53.1 Å². The van der Waals surface area contributed by atoms with Gasteiger partial charge in [-0.15, -0.1) is 0 Å². The standard InChI is InChI=1S/C20H23N3O4S/c1-12(2)13-5-8-15(9-6-13)22-20(28)23-21-11-14-7-10-16(26-3)18(27-4)17(14)19(24)25/h5-12H,1-4H3,(H,24,25)(H2,22,23,28)/b21-11-. The second kappa shape index (κ2) is 9.70. The third-order valence-electron chi connectivity index (χ3n) is 4.00. The maximum Gasteiger partial charge on any atom is 0.340 e. The van der Waals surface area contributed by atoms with Gasteiger partial charge in [-0.05, 0) is 48.0 Å². The summed E-state index contributed by atoms with van der Waals surface area (Å²) in [5.74, 6) is -0.242. The van der Waals surface area contributed by atoms with Crippen molar-refractivity contribution in [2.24, 2.45) is 5.10 Å². The Kier molecular flexibility index (Phi) is 7.34. The van der Waals surface area contributed by atoms with Gasteiger partial charge in [0.25, 0.3) is 0 Å². The minimum absolute atomic E-state index is 0.0458. The summed E-state index contributed by atoms with van der Waals surface area (Å²) in [4.78, 5) is 11.6. The number of benzene rings is 2. The molecule has 7 nitrogen and oxygen atoms in total. The zero-order chi connectivity index (χ0) is 20.7. The molecule has 0 amide bonds. The van der Waals surface area contributed by atoms with Crippen LogP contribution in [0.4, 0.5) is 5.69 Å². The Morgan fingerprint density at radius 2 is 1.82 bits per heavy atom. The number of carbonyl (C=O) groups is 1. The van der Waals surface area contributed by atoms with Gasteiger partial charge in [-0.2, -0.15) is 5.10 Å². The normalized spacial score (nSPS) is 10.8. The molecule has 0 aliphatic carbocycles. The summed E-state index contributed by atoms with van der Waals surface area (Å²) in [7, 11) is 2.82. The second-order valence-corrected chi connectivity index (χ2v) is 6.58. The smallest absolute Gasteiger partial charge is 0.340 e. The Hall–Kier alpha value is -3.13. The van der Waals surface area contributed by atoms with Gasteiger partial charge in [0.05, 0.1) is 20.4 Å². The van der Waals surface area contributed by atoms with E-state index in [1.54, 1.807) is 12.1 Å². The number of hydrazone groups is 1. The quantitative estimate of drug-likeness (QED) is 0.369. The van der Waals surface area contributed by atoms with Crippen LogP contribution in [0.15, 0.2) is 41.5 Å². The Balaban J connectivity index is 2.09. The molecule has 0 saturated carbocycles. The molecule has 0 aromatic heterocycles. The predicted octanol–water partition coefficient (Wildman–Crippen LogP) is 3.85. The van der Waals surface area contributed by atoms with Crippen molar-refractivity contribution >= 4 is 35.2 Å². The predicted molar refractivity (Wildman–Crippen MR) is 114 cm³/mol. The summed E-state index contributed by atoms with van der Waals surface area (Å²) >= 11 is 5.21. The highest BCUT2D eigenvalue weighted by atomic mass is 32.1. The van der Waals surface area contributed by atoms with Crippen LogP contribution in [0, 0.1) is 0 Å². The van der Waals surface area contributed by atoms with E-state index in [0.29, 0.717) is 17.2 Å². The number of carboxylic acid groups (broad SMARTS) is 1. The van der Waals surface area contributed by atoms with Crippen LogP contribution in [0.25, 0.3) is 0 Å². The van der Waals surface area contributed by atoms with E-state index >= 15 is 0 Å². The molecule has 0 aliphatic rings. The molecule has 8 heteroatoms. The van der Waals surface area contributed by atoms with Gasteiger partial charge in [-0.1, -0.05) is 26.0 Å². The lowest BCUT2D eigenvalue weighted by Crippen LogP contribution is -2.24. The van der Waals surface area contributed by atoms with E-state index in [0.717, 1.165) is 5.69 Å². The minimum atomic E-state index is -1.15. The third kappa shape index (κ3) is 5.20. The highest BCUT2D eigenvalue weighted by Crippen LogP contribution is 2.32. The first kappa shape index (κ1) is 21.2. The molecule has 0 heterocycles. The van der Waals surface area contributed by atoms with Crippen LogP contribution < -0.4 is 20.2 Å². The average Bonchev–Trinajstić information content (AvgIpc) is 2.67. The van der Waals surface area contributed by atoms with E-state index in [1.807, 2.05) is 24.3 Å². The number of carboxylic acids is 1. The zero-order valence-electron chi connectivity index (χ0n) is 16.1. The lowest BCUT2D eigenvalue weighted by Gasteiger charge is -2.12. The van der Waals surface area contributed by atoms with Crippen LogP contribution in [0.5, 0.6) is 11.5 Å². The number of rotatable bonds is 7. The molecule has 0 fully saturated rings. The van der Waals surface area contributed by atoms with Crippen LogP contribution in [-0.4, -0.2) is 36.6 Å². The number of nitrogens with zero attached hydrogens (tertiary/aromatic N) is 1. The first-order valence-corrected chi connectivity index (χ1v) is 8.96. The van der Waals surface area contributed by atoms with Crippen molar-refractivity contribution in [2.75, 3.05) is 19.5 Å². The van der Waals surface area contributed by atoms with Crippen LogP contribution in [0.2, 0.25) is 0 Å². The van der Waals surface area contributed by atoms with Crippen molar-refractivity contribution in [2.45, 2.75) is 19.8 Å². The number of hydrogen-bond acceptors (Lipinski definition) is 5. The SMILES string of the molecule is COc1ccc(/C=N\NC(=S)Nc2ccc(C(C)C)cc2)c(C(=O)O)c1OC. The average molecular weight is 401 g/mol. The molecule has 28 heavy (non-hydrogen) atoms. The molecule has 0 unspecified atom stereocenters. The summed E-state index contributed by atoms with van der Waals surface area (Å²) in [5.41, 5.74) is 5.04. The molecule has 3 N–H and O–H groups in total. The lowest BCUT2D eigenvalue weighted by atomic mass is 10.0. The van der Waals surface area contributed by atoms with Gasteiger partial charge >= 0.3 is 5.97 Å². The molecular formula is C20H23N3O4S. The van der Waals surface area contributed by atoms with Gasteiger partial charge < -0.3 is 19.9 Å². The van der Waals surface area contributed by atoms with Gasteiger partial charge in [0.2, 0.25) is 0 Å². The molecule has 0 saturated heterocycles. The third-order valence-corrected chi connectivity index (χ3v) is 4.19. The summed E-state index contributed by atoms with van der Waals surface area (Å²) in [6.07, 6.45) is 1.36. The van der Waals surface area contributed by atoms with E-state index < -0.39 is 5.97 Å². The molecule has 2 aromatic carbocycles. The Morgan fingerprint density at radius 1 is 1.14 bits per heavy atom. The summed E-state index contributed by atoms with van der Waals surface area (Å²) in [6.45, 7) is 4.26. The van der Waals surface area contributed by atoms with Crippen molar-refractivity contribution < 1.29 is 19.4 Å². The number of aromatic carboxylic acids is 1. The Bertz CT molecular complexity index is 880. The fourth-order valence-electron chi connectivity index (χ4n) is 2.54. The largest absolute Gasteiger partial charge is 0.493 e. The van der Waals surface area contributed by atoms with Crippen molar-refractivity contribution in [3.63, 3.8) is 0 Å². The lowest BCUT2D eigenvalue weighted by molar-refractivity contribution is 0.0692. The fourth-order valence-corrected chi connectivity index (χ4v) is 2.71. The summed E-state index contributed by atoms with van der Waals surface area (Å²) in [5, 5.41) is 16.8. The minimum Gasteiger partial charge on any atom is -0.493 e. The van der Waals surface area contributed by atoms with Crippen LogP contribution in [0.3, 0.4) is 0 Å². The first-order chi connectivity index (χ1) is 13.4.